The van der Waals surface area contributed by atoms with E-state index in [2.05, 4.69) is 15.5 Å². The molecule has 1 saturated heterocycles. The minimum absolute atomic E-state index is 0.0275. The summed E-state index contributed by atoms with van der Waals surface area (Å²) in [4.78, 5) is 16.7. The van der Waals surface area contributed by atoms with E-state index in [0.29, 0.717) is 50.4 Å². The van der Waals surface area contributed by atoms with Crippen LogP contribution in [0, 0.1) is 19.8 Å². The molecule has 0 bridgehead atoms. The van der Waals surface area contributed by atoms with Gasteiger partial charge in [0.05, 0.1) is 0 Å². The van der Waals surface area contributed by atoms with E-state index in [1.165, 1.54) is 4.31 Å². The van der Waals surface area contributed by atoms with Crippen LogP contribution in [0.4, 0.5) is 0 Å². The van der Waals surface area contributed by atoms with Gasteiger partial charge in [-0.15, -0.1) is 0 Å². The third-order valence-electron chi connectivity index (χ3n) is 4.80. The zero-order valence-corrected chi connectivity index (χ0v) is 16.3. The Morgan fingerprint density at radius 3 is 2.63 bits per heavy atom. The summed E-state index contributed by atoms with van der Waals surface area (Å²) >= 11 is 0. The first-order valence-corrected chi connectivity index (χ1v) is 10.4. The Hall–Kier alpha value is -2.26. The van der Waals surface area contributed by atoms with Crippen LogP contribution in [0.5, 0.6) is 0 Å². The number of hydrogen-bond acceptors (Lipinski definition) is 6. The Bertz CT molecular complexity index is 868. The van der Waals surface area contributed by atoms with Crippen LogP contribution in [0.1, 0.15) is 30.0 Å². The number of pyridine rings is 1. The zero-order chi connectivity index (χ0) is 19.4. The average Bonchev–Trinajstić information content (AvgIpc) is 3.01. The van der Waals surface area contributed by atoms with E-state index < -0.39 is 10.0 Å². The Morgan fingerprint density at radius 1 is 1.30 bits per heavy atom. The van der Waals surface area contributed by atoms with Crippen LogP contribution in [0.3, 0.4) is 0 Å². The maximum Gasteiger partial charge on any atom is 0.248 e. The third-order valence-corrected chi connectivity index (χ3v) is 6.94. The number of sulfonamides is 1. The number of aromatic nitrogens is 2. The fourth-order valence-corrected chi connectivity index (χ4v) is 5.10. The van der Waals surface area contributed by atoms with Crippen LogP contribution < -0.4 is 5.32 Å². The second-order valence-electron chi connectivity index (χ2n) is 6.69. The molecule has 1 aliphatic heterocycles. The quantitative estimate of drug-likeness (QED) is 0.798. The van der Waals surface area contributed by atoms with Gasteiger partial charge < -0.3 is 9.84 Å². The summed E-state index contributed by atoms with van der Waals surface area (Å²) in [7, 11) is -3.65. The van der Waals surface area contributed by atoms with Gasteiger partial charge in [-0.05, 0) is 38.8 Å². The number of amides is 1. The van der Waals surface area contributed by atoms with Gasteiger partial charge in [0.2, 0.25) is 15.9 Å². The molecule has 1 aliphatic rings. The molecule has 0 atom stereocenters. The molecule has 1 N–H and O–H groups in total. The van der Waals surface area contributed by atoms with Crippen LogP contribution in [0.2, 0.25) is 0 Å². The van der Waals surface area contributed by atoms with Gasteiger partial charge in [0, 0.05) is 43.9 Å². The van der Waals surface area contributed by atoms with E-state index >= 15 is 0 Å². The third kappa shape index (κ3) is 4.36. The van der Waals surface area contributed by atoms with Crippen molar-refractivity contribution in [3.05, 3.63) is 41.5 Å². The number of aryl methyl sites for hydroxylation is 2. The summed E-state index contributed by atoms with van der Waals surface area (Å²) in [6.07, 6.45) is 3.40. The highest BCUT2D eigenvalue weighted by Crippen LogP contribution is 2.27. The molecule has 9 heteroatoms. The number of rotatable bonds is 6. The van der Waals surface area contributed by atoms with E-state index in [1.807, 2.05) is 18.2 Å². The Morgan fingerprint density at radius 2 is 2.04 bits per heavy atom. The normalized spacial score (nSPS) is 16.4. The Kier molecular flexibility index (Phi) is 5.91. The molecule has 8 nitrogen and oxygen atoms in total. The summed E-state index contributed by atoms with van der Waals surface area (Å²) in [5, 5.41) is 6.66. The summed E-state index contributed by atoms with van der Waals surface area (Å²) in [6, 6.07) is 5.69. The number of nitrogens with zero attached hydrogens (tertiary/aromatic N) is 3. The molecule has 2 aromatic rings. The summed E-state index contributed by atoms with van der Waals surface area (Å²) < 4.78 is 32.0. The lowest BCUT2D eigenvalue weighted by atomic mass is 9.97. The highest BCUT2D eigenvalue weighted by Gasteiger charge is 2.35. The average molecular weight is 392 g/mol. The van der Waals surface area contributed by atoms with Gasteiger partial charge in [0.15, 0.2) is 5.76 Å². The maximum atomic E-state index is 12.8. The first kappa shape index (κ1) is 19.5. The van der Waals surface area contributed by atoms with E-state index in [-0.39, 0.29) is 16.7 Å². The highest BCUT2D eigenvalue weighted by atomic mass is 32.2. The molecule has 0 radical (unpaired) electrons. The molecule has 27 heavy (non-hydrogen) atoms. The van der Waals surface area contributed by atoms with E-state index in [4.69, 9.17) is 4.52 Å². The molecule has 146 valence electrons. The minimum Gasteiger partial charge on any atom is -0.360 e. The predicted octanol–water partition coefficient (Wildman–Crippen LogP) is 1.45. The van der Waals surface area contributed by atoms with Gasteiger partial charge >= 0.3 is 0 Å². The van der Waals surface area contributed by atoms with Crippen molar-refractivity contribution >= 4 is 15.9 Å². The zero-order valence-electron chi connectivity index (χ0n) is 15.5. The largest absolute Gasteiger partial charge is 0.360 e. The van der Waals surface area contributed by atoms with Gasteiger partial charge in [0.1, 0.15) is 10.6 Å². The number of nitrogens with one attached hydrogen (secondary N) is 1. The molecular weight excluding hydrogens is 368 g/mol. The smallest absolute Gasteiger partial charge is 0.248 e. The first-order chi connectivity index (χ1) is 12.9. The molecule has 1 amide bonds. The van der Waals surface area contributed by atoms with Gasteiger partial charge in [-0.25, -0.2) is 8.42 Å². The molecular formula is C18H24N4O4S. The number of piperidine rings is 1. The lowest BCUT2D eigenvalue weighted by molar-refractivity contribution is -0.126. The lowest BCUT2D eigenvalue weighted by Gasteiger charge is -2.30. The molecule has 0 saturated carbocycles. The standard InChI is InChI=1S/C18H24N4O4S/c1-13-17(14(2)26-21-13)27(24,25)22-11-7-15(8-12-22)18(23)20-10-6-16-5-3-4-9-19-16/h3-5,9,15H,6-8,10-12H2,1-2H3,(H,20,23). The SMILES string of the molecule is Cc1noc(C)c1S(=O)(=O)N1CCC(C(=O)NCCc2ccccn2)CC1. The van der Waals surface area contributed by atoms with Crippen LogP contribution in [0.25, 0.3) is 0 Å². The fourth-order valence-electron chi connectivity index (χ4n) is 3.33. The molecule has 0 spiro atoms. The minimum atomic E-state index is -3.65. The summed E-state index contributed by atoms with van der Waals surface area (Å²) in [5.41, 5.74) is 1.29. The fraction of sp³-hybridized carbons (Fsp3) is 0.500. The van der Waals surface area contributed by atoms with Crippen LogP contribution >= 0.6 is 0 Å². The van der Waals surface area contributed by atoms with Gasteiger partial charge in [-0.2, -0.15) is 4.31 Å². The van der Waals surface area contributed by atoms with Crippen LogP contribution in [-0.4, -0.2) is 48.4 Å². The van der Waals surface area contributed by atoms with Crippen molar-refractivity contribution < 1.29 is 17.7 Å². The molecule has 0 unspecified atom stereocenters. The van der Waals surface area contributed by atoms with E-state index in [9.17, 15) is 13.2 Å². The Balaban J connectivity index is 1.52. The van der Waals surface area contributed by atoms with Crippen molar-refractivity contribution in [2.24, 2.45) is 5.92 Å². The number of carbonyl (C=O) groups excluding carboxylic acids is 1. The van der Waals surface area contributed by atoms with Gasteiger partial charge in [0.25, 0.3) is 0 Å². The van der Waals surface area contributed by atoms with Crippen LogP contribution in [0.15, 0.2) is 33.8 Å². The van der Waals surface area contributed by atoms with Crippen LogP contribution in [-0.2, 0) is 21.2 Å². The van der Waals surface area contributed by atoms with Crippen molar-refractivity contribution in [2.75, 3.05) is 19.6 Å². The van der Waals surface area contributed by atoms with Crippen molar-refractivity contribution in [3.8, 4) is 0 Å². The van der Waals surface area contributed by atoms with Crippen molar-refractivity contribution in [1.82, 2.24) is 19.8 Å². The van der Waals surface area contributed by atoms with Gasteiger partial charge in [-0.3, -0.25) is 9.78 Å². The second-order valence-corrected chi connectivity index (χ2v) is 8.57. The molecule has 1 fully saturated rings. The summed E-state index contributed by atoms with van der Waals surface area (Å²) in [6.45, 7) is 4.35. The predicted molar refractivity (Wildman–Crippen MR) is 98.4 cm³/mol. The van der Waals surface area contributed by atoms with E-state index in [0.717, 1.165) is 5.69 Å². The molecule has 2 aromatic heterocycles. The van der Waals surface area contributed by atoms with Crippen molar-refractivity contribution in [3.63, 3.8) is 0 Å². The van der Waals surface area contributed by atoms with Gasteiger partial charge in [-0.1, -0.05) is 11.2 Å². The van der Waals surface area contributed by atoms with E-state index in [1.54, 1.807) is 20.0 Å². The lowest BCUT2D eigenvalue weighted by Crippen LogP contribution is -2.43. The topological polar surface area (TPSA) is 105 Å². The molecule has 0 aromatic carbocycles. The molecule has 0 aliphatic carbocycles. The van der Waals surface area contributed by atoms with Crippen molar-refractivity contribution in [1.29, 1.82) is 0 Å². The highest BCUT2D eigenvalue weighted by molar-refractivity contribution is 7.89. The van der Waals surface area contributed by atoms with Crippen molar-refractivity contribution in [2.45, 2.75) is 38.0 Å². The second kappa shape index (κ2) is 8.18. The monoisotopic (exact) mass is 392 g/mol. The first-order valence-electron chi connectivity index (χ1n) is 9.00. The summed E-state index contributed by atoms with van der Waals surface area (Å²) in [5.74, 6) is 0.0899. The number of hydrogen-bond donors (Lipinski definition) is 1. The molecule has 3 rings (SSSR count). The maximum absolute atomic E-state index is 12.8. The molecule has 3 heterocycles. The number of carbonyl (C=O) groups is 1. The Labute approximate surface area is 159 Å².